The van der Waals surface area contributed by atoms with Gasteiger partial charge in [-0.05, 0) is 30.2 Å². The molecule has 0 saturated carbocycles. The lowest BCUT2D eigenvalue weighted by Gasteiger charge is -2.17. The minimum Gasteiger partial charge on any atom is -0.480 e. The van der Waals surface area contributed by atoms with Crippen LogP contribution in [0.25, 0.3) is 0 Å². The fourth-order valence-corrected chi connectivity index (χ4v) is 1.65. The number of carboxylic acids is 1. The zero-order valence-electron chi connectivity index (χ0n) is 11.6. The normalized spacial score (nSPS) is 11.8. The summed E-state index contributed by atoms with van der Waals surface area (Å²) in [5.74, 6) is -1.94. The summed E-state index contributed by atoms with van der Waals surface area (Å²) < 4.78 is 0. The highest BCUT2D eigenvalue weighted by Gasteiger charge is 2.23. The fourth-order valence-electron chi connectivity index (χ4n) is 1.65. The van der Waals surface area contributed by atoms with Crippen LogP contribution < -0.4 is 10.6 Å². The summed E-state index contributed by atoms with van der Waals surface area (Å²) in [5, 5.41) is 14.1. The third-order valence-corrected chi connectivity index (χ3v) is 2.69. The topological polar surface area (TPSA) is 95.5 Å². The molecule has 0 aromatic heterocycles. The van der Waals surface area contributed by atoms with E-state index in [1.54, 1.807) is 26.0 Å². The number of hydrogen-bond donors (Lipinski definition) is 3. The predicted octanol–water partition coefficient (Wildman–Crippen LogP) is 1.48. The van der Waals surface area contributed by atoms with E-state index in [0.29, 0.717) is 11.3 Å². The van der Waals surface area contributed by atoms with Crippen LogP contribution in [-0.2, 0) is 9.59 Å². The summed E-state index contributed by atoms with van der Waals surface area (Å²) in [7, 11) is 0. The molecule has 0 heterocycles. The lowest BCUT2D eigenvalue weighted by Crippen LogP contribution is -2.44. The summed E-state index contributed by atoms with van der Waals surface area (Å²) >= 11 is 0. The first-order valence-corrected chi connectivity index (χ1v) is 6.22. The second kappa shape index (κ2) is 6.70. The van der Waals surface area contributed by atoms with Crippen molar-refractivity contribution in [3.05, 3.63) is 29.8 Å². The van der Waals surface area contributed by atoms with Crippen molar-refractivity contribution in [2.45, 2.75) is 26.8 Å². The number of benzene rings is 1. The third kappa shape index (κ3) is 4.38. The maximum atomic E-state index is 11.9. The first-order chi connectivity index (χ1) is 9.31. The van der Waals surface area contributed by atoms with Crippen LogP contribution in [0.2, 0.25) is 0 Å². The van der Waals surface area contributed by atoms with Crippen LogP contribution in [0.4, 0.5) is 5.69 Å². The Bertz CT molecular complexity index is 508. The molecule has 3 N–H and O–H groups in total. The SMILES string of the molecule is CC(=O)Nc1ccc(C(=O)N[C@@H](C(=O)O)C(C)C)cc1. The number of aliphatic carboxylic acids is 1. The molecule has 0 aliphatic rings. The Morgan fingerprint density at radius 1 is 1.10 bits per heavy atom. The number of nitrogens with one attached hydrogen (secondary N) is 2. The van der Waals surface area contributed by atoms with Gasteiger partial charge in [0, 0.05) is 18.2 Å². The Kier molecular flexibility index (Phi) is 5.25. The largest absolute Gasteiger partial charge is 0.480 e. The van der Waals surface area contributed by atoms with Crippen LogP contribution in [0.5, 0.6) is 0 Å². The Morgan fingerprint density at radius 2 is 1.65 bits per heavy atom. The summed E-state index contributed by atoms with van der Waals surface area (Å²) in [5.41, 5.74) is 0.915. The fraction of sp³-hybridized carbons (Fsp3) is 0.357. The van der Waals surface area contributed by atoms with Crippen LogP contribution in [0.15, 0.2) is 24.3 Å². The summed E-state index contributed by atoms with van der Waals surface area (Å²) in [4.78, 5) is 33.8. The van der Waals surface area contributed by atoms with E-state index in [2.05, 4.69) is 10.6 Å². The highest BCUT2D eigenvalue weighted by Crippen LogP contribution is 2.10. The van der Waals surface area contributed by atoms with Crippen molar-refractivity contribution in [2.24, 2.45) is 5.92 Å². The van der Waals surface area contributed by atoms with Gasteiger partial charge in [0.2, 0.25) is 5.91 Å². The molecule has 0 aliphatic heterocycles. The summed E-state index contributed by atoms with van der Waals surface area (Å²) in [6.07, 6.45) is 0. The molecular formula is C14H18N2O4. The first-order valence-electron chi connectivity index (χ1n) is 6.22. The van der Waals surface area contributed by atoms with E-state index in [0.717, 1.165) is 0 Å². The lowest BCUT2D eigenvalue weighted by atomic mass is 10.0. The molecule has 2 amide bonds. The maximum Gasteiger partial charge on any atom is 0.326 e. The van der Waals surface area contributed by atoms with E-state index >= 15 is 0 Å². The Hall–Kier alpha value is -2.37. The number of carbonyl (C=O) groups excluding carboxylic acids is 2. The van der Waals surface area contributed by atoms with Gasteiger partial charge in [-0.15, -0.1) is 0 Å². The molecule has 0 aliphatic carbocycles. The minimum atomic E-state index is -1.07. The Labute approximate surface area is 117 Å². The van der Waals surface area contributed by atoms with E-state index in [1.807, 2.05) is 0 Å². The molecule has 20 heavy (non-hydrogen) atoms. The molecule has 0 unspecified atom stereocenters. The van der Waals surface area contributed by atoms with Gasteiger partial charge in [0.15, 0.2) is 0 Å². The number of hydrogen-bond acceptors (Lipinski definition) is 3. The molecule has 1 aromatic carbocycles. The van der Waals surface area contributed by atoms with Crippen molar-refractivity contribution < 1.29 is 19.5 Å². The molecule has 0 spiro atoms. The molecule has 1 atom stereocenters. The van der Waals surface area contributed by atoms with Crippen LogP contribution in [0.1, 0.15) is 31.1 Å². The van der Waals surface area contributed by atoms with Gasteiger partial charge >= 0.3 is 5.97 Å². The standard InChI is InChI=1S/C14H18N2O4/c1-8(2)12(14(19)20)16-13(18)10-4-6-11(7-5-10)15-9(3)17/h4-8,12H,1-3H3,(H,15,17)(H,16,18)(H,19,20)/t12-/m1/s1. The van der Waals surface area contributed by atoms with Gasteiger partial charge < -0.3 is 15.7 Å². The molecule has 6 nitrogen and oxygen atoms in total. The zero-order valence-corrected chi connectivity index (χ0v) is 11.6. The van der Waals surface area contributed by atoms with Gasteiger partial charge in [-0.1, -0.05) is 13.8 Å². The van der Waals surface area contributed by atoms with Gasteiger partial charge in [-0.25, -0.2) is 4.79 Å². The minimum absolute atomic E-state index is 0.201. The molecule has 0 bridgehead atoms. The van der Waals surface area contributed by atoms with Crippen LogP contribution in [0, 0.1) is 5.92 Å². The summed E-state index contributed by atoms with van der Waals surface area (Å²) in [6, 6.07) is 5.29. The zero-order chi connectivity index (χ0) is 15.3. The van der Waals surface area contributed by atoms with Crippen LogP contribution >= 0.6 is 0 Å². The van der Waals surface area contributed by atoms with E-state index < -0.39 is 17.9 Å². The number of anilines is 1. The van der Waals surface area contributed by atoms with Crippen molar-refractivity contribution in [1.82, 2.24) is 5.32 Å². The second-order valence-corrected chi connectivity index (χ2v) is 4.79. The molecule has 108 valence electrons. The average molecular weight is 278 g/mol. The van der Waals surface area contributed by atoms with Gasteiger partial charge in [0.1, 0.15) is 6.04 Å². The van der Waals surface area contributed by atoms with Gasteiger partial charge in [0.25, 0.3) is 5.91 Å². The molecule has 0 fully saturated rings. The van der Waals surface area contributed by atoms with Crippen molar-refractivity contribution in [3.63, 3.8) is 0 Å². The highest BCUT2D eigenvalue weighted by molar-refractivity contribution is 5.97. The monoisotopic (exact) mass is 278 g/mol. The Morgan fingerprint density at radius 3 is 2.05 bits per heavy atom. The number of carbonyl (C=O) groups is 3. The second-order valence-electron chi connectivity index (χ2n) is 4.79. The maximum absolute atomic E-state index is 11.9. The quantitative estimate of drug-likeness (QED) is 0.760. The van der Waals surface area contributed by atoms with E-state index in [9.17, 15) is 14.4 Å². The van der Waals surface area contributed by atoms with E-state index in [4.69, 9.17) is 5.11 Å². The van der Waals surface area contributed by atoms with E-state index in [1.165, 1.54) is 19.1 Å². The third-order valence-electron chi connectivity index (χ3n) is 2.69. The molecule has 6 heteroatoms. The van der Waals surface area contributed by atoms with Crippen molar-refractivity contribution in [1.29, 1.82) is 0 Å². The smallest absolute Gasteiger partial charge is 0.326 e. The van der Waals surface area contributed by atoms with Crippen molar-refractivity contribution >= 4 is 23.5 Å². The molecule has 1 rings (SSSR count). The lowest BCUT2D eigenvalue weighted by molar-refractivity contribution is -0.140. The van der Waals surface area contributed by atoms with Gasteiger partial charge in [-0.3, -0.25) is 9.59 Å². The molecule has 1 aromatic rings. The van der Waals surface area contributed by atoms with Crippen LogP contribution in [0.3, 0.4) is 0 Å². The van der Waals surface area contributed by atoms with Crippen molar-refractivity contribution in [3.8, 4) is 0 Å². The number of carboxylic acid groups (broad SMARTS) is 1. The van der Waals surface area contributed by atoms with Gasteiger partial charge in [0.05, 0.1) is 0 Å². The van der Waals surface area contributed by atoms with Crippen molar-refractivity contribution in [2.75, 3.05) is 5.32 Å². The van der Waals surface area contributed by atoms with Crippen LogP contribution in [-0.4, -0.2) is 28.9 Å². The number of amides is 2. The molecule has 0 saturated heterocycles. The van der Waals surface area contributed by atoms with Gasteiger partial charge in [-0.2, -0.15) is 0 Å². The highest BCUT2D eigenvalue weighted by atomic mass is 16.4. The predicted molar refractivity (Wildman–Crippen MR) is 74.5 cm³/mol. The first kappa shape index (κ1) is 15.7. The molecule has 0 radical (unpaired) electrons. The summed E-state index contributed by atoms with van der Waals surface area (Å²) in [6.45, 7) is 4.83. The number of rotatable bonds is 5. The molecular weight excluding hydrogens is 260 g/mol. The average Bonchev–Trinajstić information content (AvgIpc) is 2.35. The Balaban J connectivity index is 2.77. The van der Waals surface area contributed by atoms with E-state index in [-0.39, 0.29) is 11.8 Å².